The number of nitrogens with zero attached hydrogens (tertiary/aromatic N) is 4. The zero-order valence-corrected chi connectivity index (χ0v) is 23.4. The summed E-state index contributed by atoms with van der Waals surface area (Å²) < 4.78 is 10.9. The van der Waals surface area contributed by atoms with Crippen LogP contribution in [0.2, 0.25) is 0 Å². The molecule has 3 unspecified atom stereocenters. The molecule has 6 rings (SSSR count). The predicted molar refractivity (Wildman–Crippen MR) is 155 cm³/mol. The Balaban J connectivity index is 1.24. The number of amides is 1. The number of aromatic nitrogens is 2. The number of hydrogen-bond donors (Lipinski definition) is 4. The number of ether oxygens (including phenoxy) is 2. The Morgan fingerprint density at radius 1 is 1.15 bits per heavy atom. The zero-order valence-electron chi connectivity index (χ0n) is 23.4. The minimum Gasteiger partial charge on any atom is -0.445 e. The topological polar surface area (TPSA) is 116 Å². The number of nitrogens with one attached hydrogen (secondary N) is 4. The normalized spacial score (nSPS) is 28.8. The molecule has 0 aliphatic carbocycles. The molecule has 0 radical (unpaired) electrons. The molecule has 11 nitrogen and oxygen atoms in total. The maximum absolute atomic E-state index is 12.8. The highest BCUT2D eigenvalue weighted by molar-refractivity contribution is 5.91. The van der Waals surface area contributed by atoms with Crippen LogP contribution in [0.4, 0.5) is 16.4 Å². The first kappa shape index (κ1) is 27.2. The summed E-state index contributed by atoms with van der Waals surface area (Å²) in [5.74, 6) is 1.64. The van der Waals surface area contributed by atoms with Gasteiger partial charge in [-0.2, -0.15) is 0 Å². The Bertz CT molecular complexity index is 1190. The van der Waals surface area contributed by atoms with Gasteiger partial charge in [0.2, 0.25) is 0 Å². The fourth-order valence-corrected chi connectivity index (χ4v) is 6.61. The van der Waals surface area contributed by atoms with E-state index in [0.29, 0.717) is 6.04 Å². The lowest BCUT2D eigenvalue weighted by Crippen LogP contribution is -2.57. The summed E-state index contributed by atoms with van der Waals surface area (Å²) in [6.07, 6.45) is 7.33. The molecule has 1 amide bonds. The van der Waals surface area contributed by atoms with Crippen molar-refractivity contribution in [3.63, 3.8) is 0 Å². The highest BCUT2D eigenvalue weighted by Gasteiger charge is 2.42. The van der Waals surface area contributed by atoms with E-state index in [1.54, 1.807) is 6.08 Å². The molecule has 4 aliphatic rings. The van der Waals surface area contributed by atoms with Crippen LogP contribution in [0.1, 0.15) is 51.1 Å². The number of anilines is 2. The van der Waals surface area contributed by atoms with Gasteiger partial charge in [0.05, 0.1) is 30.6 Å². The van der Waals surface area contributed by atoms with Crippen molar-refractivity contribution in [1.82, 2.24) is 30.6 Å². The van der Waals surface area contributed by atoms with Crippen LogP contribution >= 0.6 is 0 Å². The molecule has 5 atom stereocenters. The van der Waals surface area contributed by atoms with Crippen LogP contribution in [-0.4, -0.2) is 89.1 Å². The van der Waals surface area contributed by atoms with Crippen LogP contribution in [0.5, 0.6) is 0 Å². The molecule has 11 heteroatoms. The van der Waals surface area contributed by atoms with E-state index in [4.69, 9.17) is 19.4 Å². The van der Waals surface area contributed by atoms with Gasteiger partial charge in [0, 0.05) is 55.3 Å². The lowest BCUT2D eigenvalue weighted by atomic mass is 9.82. The summed E-state index contributed by atoms with van der Waals surface area (Å²) >= 11 is 0. The Labute approximate surface area is 236 Å². The molecule has 4 fully saturated rings. The van der Waals surface area contributed by atoms with E-state index in [1.807, 2.05) is 4.90 Å². The number of pyridine rings is 2. The van der Waals surface area contributed by atoms with E-state index in [2.05, 4.69) is 58.1 Å². The van der Waals surface area contributed by atoms with Crippen molar-refractivity contribution in [3.05, 3.63) is 36.5 Å². The fraction of sp³-hybridized carbons (Fsp3) is 0.621. The van der Waals surface area contributed by atoms with E-state index < -0.39 is 0 Å². The number of hydrogen-bond acceptors (Lipinski definition) is 10. The number of carbonyl (C=O) groups is 1. The van der Waals surface area contributed by atoms with E-state index in [9.17, 15) is 4.79 Å². The predicted octanol–water partition coefficient (Wildman–Crippen LogP) is 3.21. The zero-order chi connectivity index (χ0) is 27.5. The molecule has 2 aromatic heterocycles. The molecule has 0 spiro atoms. The molecule has 216 valence electrons. The fourth-order valence-electron chi connectivity index (χ4n) is 6.61. The second kappa shape index (κ2) is 12.3. The van der Waals surface area contributed by atoms with Gasteiger partial charge < -0.3 is 25.0 Å². The molecular formula is C29H42N8O3. The summed E-state index contributed by atoms with van der Waals surface area (Å²) in [4.78, 5) is 27.3. The van der Waals surface area contributed by atoms with Crippen LogP contribution in [-0.2, 0) is 16.0 Å². The highest BCUT2D eigenvalue weighted by atomic mass is 16.6. The molecule has 0 aromatic carbocycles. The average Bonchev–Trinajstić information content (AvgIpc) is 3.35. The van der Waals surface area contributed by atoms with Gasteiger partial charge in [0.25, 0.3) is 0 Å². The first-order chi connectivity index (χ1) is 19.6. The van der Waals surface area contributed by atoms with Gasteiger partial charge >= 0.3 is 6.09 Å². The van der Waals surface area contributed by atoms with E-state index >= 15 is 0 Å². The average molecular weight is 551 g/mol. The second-order valence-electron chi connectivity index (χ2n) is 11.6. The van der Waals surface area contributed by atoms with Crippen LogP contribution in [0.25, 0.3) is 10.9 Å². The van der Waals surface area contributed by atoms with E-state index in [-0.39, 0.29) is 37.0 Å². The minimum atomic E-state index is -0.216. The summed E-state index contributed by atoms with van der Waals surface area (Å²) in [5.41, 5.74) is 8.56. The molecule has 4 saturated heterocycles. The van der Waals surface area contributed by atoms with Gasteiger partial charge in [0.1, 0.15) is 18.2 Å². The van der Waals surface area contributed by atoms with Crippen LogP contribution < -0.4 is 21.5 Å². The quantitative estimate of drug-likeness (QED) is 0.365. The Kier molecular flexibility index (Phi) is 8.33. The third kappa shape index (κ3) is 6.17. The molecule has 6 heterocycles. The minimum absolute atomic E-state index is 0.0912. The third-order valence-electron chi connectivity index (χ3n) is 8.50. The largest absolute Gasteiger partial charge is 0.445 e. The van der Waals surface area contributed by atoms with Crippen LogP contribution in [0, 0.1) is 0 Å². The van der Waals surface area contributed by atoms with Crippen molar-refractivity contribution >= 4 is 28.6 Å². The molecule has 0 saturated carbocycles. The second-order valence-corrected chi connectivity index (χ2v) is 11.6. The van der Waals surface area contributed by atoms with E-state index in [1.165, 1.54) is 0 Å². The molecule has 4 N–H and O–H groups in total. The van der Waals surface area contributed by atoms with E-state index in [0.717, 1.165) is 99.6 Å². The van der Waals surface area contributed by atoms with Crippen molar-refractivity contribution in [2.45, 2.75) is 82.3 Å². The summed E-state index contributed by atoms with van der Waals surface area (Å²) in [6.45, 7) is 10.3. The number of piperidine rings is 2. The van der Waals surface area contributed by atoms with Crippen molar-refractivity contribution in [2.75, 3.05) is 43.5 Å². The maximum atomic E-state index is 12.8. The highest BCUT2D eigenvalue weighted by Crippen LogP contribution is 2.36. The van der Waals surface area contributed by atoms with Gasteiger partial charge in [-0.3, -0.25) is 15.3 Å². The lowest BCUT2D eigenvalue weighted by molar-refractivity contribution is 0.0241. The number of rotatable bonds is 8. The summed E-state index contributed by atoms with van der Waals surface area (Å²) in [5, 5.41) is 8.35. The van der Waals surface area contributed by atoms with Crippen molar-refractivity contribution in [3.8, 4) is 0 Å². The summed E-state index contributed by atoms with van der Waals surface area (Å²) in [6, 6.07) is 7.26. The number of carbonyl (C=O) groups excluding carboxylic acids is 1. The molecule has 2 aromatic rings. The van der Waals surface area contributed by atoms with Gasteiger partial charge in [-0.15, -0.1) is 0 Å². The Morgan fingerprint density at radius 3 is 2.67 bits per heavy atom. The smallest absolute Gasteiger partial charge is 0.410 e. The summed E-state index contributed by atoms with van der Waals surface area (Å²) in [7, 11) is 0. The monoisotopic (exact) mass is 550 g/mol. The first-order valence-corrected chi connectivity index (χ1v) is 14.8. The molecule has 4 aliphatic heterocycles. The lowest BCUT2D eigenvalue weighted by Gasteiger charge is -2.48. The number of fused-ring (bicyclic) bond motifs is 3. The van der Waals surface area contributed by atoms with Gasteiger partial charge in [0.15, 0.2) is 0 Å². The van der Waals surface area contributed by atoms with Crippen LogP contribution in [0.15, 0.2) is 30.9 Å². The van der Waals surface area contributed by atoms with Gasteiger partial charge in [-0.25, -0.2) is 15.2 Å². The van der Waals surface area contributed by atoms with Gasteiger partial charge in [-0.1, -0.05) is 12.7 Å². The van der Waals surface area contributed by atoms with Crippen molar-refractivity contribution < 1.29 is 14.3 Å². The first-order valence-electron chi connectivity index (χ1n) is 14.8. The molecule has 40 heavy (non-hydrogen) atoms. The van der Waals surface area contributed by atoms with Crippen molar-refractivity contribution in [1.29, 1.82) is 0 Å². The molecular weight excluding hydrogens is 508 g/mol. The number of morpholine rings is 1. The SMILES string of the molecule is C=CCOC(=O)N1[C@@H]2CCC[C@H]1CC(Nc1nc(NC3CC(C)NN3)cc3nc(CN4CCOCC4)ccc13)C2. The van der Waals surface area contributed by atoms with Gasteiger partial charge in [-0.05, 0) is 57.6 Å². The Morgan fingerprint density at radius 2 is 1.95 bits per heavy atom. The standard InChI is InChI=1S/C29H42N8O3/c1-3-11-40-29(38)37-22-5-4-6-23(37)16-21(15-22)31-28-24-8-7-20(18-36-9-12-39-13-10-36)30-25(24)17-26(33-28)32-27-14-19(2)34-35-27/h3,7-8,17,19,21-23,27,34-35H,1,4-6,9-16,18H2,2H3,(H2,31,32,33)/t19?,21?,22-,23+,27?. The third-order valence-corrected chi connectivity index (χ3v) is 8.50. The Hall–Kier alpha value is -2.99. The van der Waals surface area contributed by atoms with Crippen LogP contribution in [0.3, 0.4) is 0 Å². The molecule has 2 bridgehead atoms. The maximum Gasteiger partial charge on any atom is 0.410 e. The van der Waals surface area contributed by atoms with Crippen molar-refractivity contribution in [2.24, 2.45) is 0 Å². The number of hydrazine groups is 1.